The average Bonchev–Trinajstić information content (AvgIpc) is 2.74. The molecule has 1 aromatic heterocycles. The van der Waals surface area contributed by atoms with Gasteiger partial charge >= 0.3 is 6.61 Å². The first kappa shape index (κ1) is 24.6. The fourth-order valence-corrected chi connectivity index (χ4v) is 3.60. The number of anilines is 1. The van der Waals surface area contributed by atoms with Gasteiger partial charge in [0, 0.05) is 22.8 Å². The fourth-order valence-electron chi connectivity index (χ4n) is 3.09. The van der Waals surface area contributed by atoms with Gasteiger partial charge in [-0.05, 0) is 58.7 Å². The quantitative estimate of drug-likeness (QED) is 0.211. The van der Waals surface area contributed by atoms with Crippen molar-refractivity contribution >= 4 is 46.0 Å². The summed E-state index contributed by atoms with van der Waals surface area (Å²) in [5.41, 5.74) is 2.17. The number of pyridine rings is 1. The van der Waals surface area contributed by atoms with Crippen LogP contribution in [0.15, 0.2) is 73.1 Å². The van der Waals surface area contributed by atoms with Crippen molar-refractivity contribution in [1.82, 2.24) is 0 Å². The summed E-state index contributed by atoms with van der Waals surface area (Å²) in [4.78, 5) is 0.163. The van der Waals surface area contributed by atoms with Crippen molar-refractivity contribution in [1.29, 1.82) is 0 Å². The topological polar surface area (TPSA) is 48.2 Å². The van der Waals surface area contributed by atoms with Gasteiger partial charge < -0.3 is 15.2 Å². The maximum absolute atomic E-state index is 13.4. The summed E-state index contributed by atoms with van der Waals surface area (Å²) >= 11 is 11.7. The largest absolute Gasteiger partial charge is 0.867 e. The first-order valence-corrected chi connectivity index (χ1v) is 10.9. The first-order valence-electron chi connectivity index (χ1n) is 10.1. The number of nitrogens with zero attached hydrogens (tertiary/aromatic N) is 1. The number of thiocarbonyl (C=S) groups is 1. The second kappa shape index (κ2) is 10.3. The van der Waals surface area contributed by atoms with E-state index in [2.05, 4.69) is 30.8 Å². The second-order valence-electron chi connectivity index (χ2n) is 8.29. The highest BCUT2D eigenvalue weighted by atomic mass is 35.5. The fraction of sp³-hybridized carbons (Fsp3) is 0.200. The molecule has 0 bridgehead atoms. The van der Waals surface area contributed by atoms with Crippen LogP contribution in [0.25, 0.3) is 11.5 Å². The van der Waals surface area contributed by atoms with Crippen LogP contribution < -0.4 is 19.7 Å². The van der Waals surface area contributed by atoms with Crippen molar-refractivity contribution in [3.8, 4) is 5.75 Å². The monoisotopic (exact) mass is 488 g/mol. The number of halogens is 3. The molecule has 0 aliphatic rings. The molecule has 0 fully saturated rings. The van der Waals surface area contributed by atoms with E-state index < -0.39 is 6.61 Å². The van der Waals surface area contributed by atoms with Crippen molar-refractivity contribution in [2.24, 2.45) is 0 Å². The predicted molar refractivity (Wildman–Crippen MR) is 129 cm³/mol. The molecule has 0 saturated carbocycles. The number of alkyl halides is 2. The third-order valence-corrected chi connectivity index (χ3v) is 5.34. The lowest BCUT2D eigenvalue weighted by Gasteiger charge is -2.19. The number of hydrogen-bond acceptors (Lipinski definition) is 3. The van der Waals surface area contributed by atoms with Gasteiger partial charge in [-0.2, -0.15) is 13.3 Å². The number of ether oxygens (including phenoxy) is 1. The predicted octanol–water partition coefficient (Wildman–Crippen LogP) is 5.65. The smallest absolute Gasteiger partial charge is 0.387 e. The molecule has 1 heterocycles. The Hall–Kier alpha value is -3.03. The zero-order valence-corrected chi connectivity index (χ0v) is 19.9. The Morgan fingerprint density at radius 1 is 1.06 bits per heavy atom. The average molecular weight is 489 g/mol. The number of nitrogens with one attached hydrogen (secondary N) is 1. The summed E-state index contributed by atoms with van der Waals surface area (Å²) in [6.07, 6.45) is 3.57. The number of benzene rings is 2. The molecule has 3 rings (SSSR count). The summed E-state index contributed by atoms with van der Waals surface area (Å²) in [5, 5.41) is 16.9. The molecule has 0 saturated heterocycles. The molecular formula is C25H23ClF2N2O2S. The van der Waals surface area contributed by atoms with E-state index in [9.17, 15) is 13.9 Å². The Balaban J connectivity index is 1.99. The van der Waals surface area contributed by atoms with E-state index in [4.69, 9.17) is 23.8 Å². The first-order chi connectivity index (χ1) is 15.5. The SMILES string of the molecule is CC(C)(C)c1cc[n+](C(C(=S)Nc2ccc(OC(F)F)cc2)=C([O-])c2cccc(Cl)c2)cc1. The van der Waals surface area contributed by atoms with Crippen LogP contribution in [0.3, 0.4) is 0 Å². The third-order valence-electron chi connectivity index (χ3n) is 4.81. The minimum absolute atomic E-state index is 0.0211. The van der Waals surface area contributed by atoms with Gasteiger partial charge in [-0.1, -0.05) is 56.7 Å². The van der Waals surface area contributed by atoms with Gasteiger partial charge in [0.05, 0.1) is 0 Å². The van der Waals surface area contributed by atoms with Gasteiger partial charge in [-0.25, -0.2) is 0 Å². The second-order valence-corrected chi connectivity index (χ2v) is 9.13. The molecule has 172 valence electrons. The molecule has 33 heavy (non-hydrogen) atoms. The molecule has 2 aromatic carbocycles. The Morgan fingerprint density at radius 2 is 1.70 bits per heavy atom. The molecule has 1 N–H and O–H groups in total. The van der Waals surface area contributed by atoms with Gasteiger partial charge in [-0.3, -0.25) is 0 Å². The van der Waals surface area contributed by atoms with E-state index in [0.29, 0.717) is 16.3 Å². The molecule has 0 amide bonds. The molecule has 0 aliphatic heterocycles. The normalized spacial score (nSPS) is 12.3. The van der Waals surface area contributed by atoms with Crippen LogP contribution in [0, 0.1) is 0 Å². The highest BCUT2D eigenvalue weighted by Gasteiger charge is 2.21. The van der Waals surface area contributed by atoms with Crippen molar-refractivity contribution in [2.45, 2.75) is 32.8 Å². The van der Waals surface area contributed by atoms with Crippen molar-refractivity contribution in [2.75, 3.05) is 5.32 Å². The van der Waals surface area contributed by atoms with E-state index in [-0.39, 0.29) is 27.6 Å². The minimum Gasteiger partial charge on any atom is -0.867 e. The van der Waals surface area contributed by atoms with Crippen LogP contribution in [-0.4, -0.2) is 11.6 Å². The van der Waals surface area contributed by atoms with Gasteiger partial charge in [0.15, 0.2) is 17.4 Å². The number of rotatable bonds is 6. The summed E-state index contributed by atoms with van der Waals surface area (Å²) in [6.45, 7) is 3.39. The van der Waals surface area contributed by atoms with Gasteiger partial charge in [0.1, 0.15) is 5.75 Å². The maximum atomic E-state index is 13.4. The molecule has 8 heteroatoms. The van der Waals surface area contributed by atoms with Crippen molar-refractivity contribution < 1.29 is 23.2 Å². The van der Waals surface area contributed by atoms with Crippen LogP contribution in [0.1, 0.15) is 31.9 Å². The van der Waals surface area contributed by atoms with Crippen LogP contribution in [-0.2, 0) is 5.41 Å². The lowest BCUT2D eigenvalue weighted by molar-refractivity contribution is -0.577. The summed E-state index contributed by atoms with van der Waals surface area (Å²) in [7, 11) is 0. The van der Waals surface area contributed by atoms with E-state index in [1.807, 2.05) is 12.1 Å². The molecule has 0 radical (unpaired) electrons. The van der Waals surface area contributed by atoms with Crippen molar-refractivity contribution in [3.05, 3.63) is 89.2 Å². The van der Waals surface area contributed by atoms with Crippen LogP contribution in [0.2, 0.25) is 5.02 Å². The molecule has 4 nitrogen and oxygen atoms in total. The van der Waals surface area contributed by atoms with Crippen LogP contribution in [0.4, 0.5) is 14.5 Å². The van der Waals surface area contributed by atoms with E-state index in [1.54, 1.807) is 53.4 Å². The maximum Gasteiger partial charge on any atom is 0.387 e. The van der Waals surface area contributed by atoms with E-state index >= 15 is 0 Å². The molecule has 0 atom stereocenters. The number of aromatic nitrogens is 1. The van der Waals surface area contributed by atoms with Gasteiger partial charge in [0.2, 0.25) is 5.70 Å². The molecule has 0 spiro atoms. The molecule has 3 aromatic rings. The molecule has 0 unspecified atom stereocenters. The minimum atomic E-state index is -2.91. The van der Waals surface area contributed by atoms with Gasteiger partial charge in [0.25, 0.3) is 0 Å². The lowest BCUT2D eigenvalue weighted by Crippen LogP contribution is -2.40. The number of hydrogen-bond donors (Lipinski definition) is 1. The zero-order valence-electron chi connectivity index (χ0n) is 18.3. The lowest BCUT2D eigenvalue weighted by atomic mass is 9.88. The van der Waals surface area contributed by atoms with Crippen LogP contribution >= 0.6 is 23.8 Å². The van der Waals surface area contributed by atoms with Crippen LogP contribution in [0.5, 0.6) is 5.75 Å². The highest BCUT2D eigenvalue weighted by Crippen LogP contribution is 2.23. The Morgan fingerprint density at radius 3 is 2.24 bits per heavy atom. The highest BCUT2D eigenvalue weighted by molar-refractivity contribution is 7.81. The summed E-state index contributed by atoms with van der Waals surface area (Å²) in [6, 6.07) is 16.3. The summed E-state index contributed by atoms with van der Waals surface area (Å²) < 4.78 is 30.8. The standard InChI is InChI=1S/C25H23ClF2N2O2S/c1-25(2,3)17-11-13-30(14-12-17)21(22(31)16-5-4-6-18(26)15-16)23(33)29-19-7-9-20(10-8-19)32-24(27)28/h4-15,24H,1-3H3,(H-,29,31,33). The molecular weight excluding hydrogens is 466 g/mol. The Bertz CT molecular complexity index is 1160. The Kier molecular flexibility index (Phi) is 7.66. The van der Waals surface area contributed by atoms with Gasteiger partial charge in [-0.15, -0.1) is 0 Å². The molecule has 0 aliphatic carbocycles. The summed E-state index contributed by atoms with van der Waals surface area (Å²) in [5.74, 6) is -0.297. The zero-order chi connectivity index (χ0) is 24.2. The van der Waals surface area contributed by atoms with E-state index in [0.717, 1.165) is 5.56 Å². The van der Waals surface area contributed by atoms with E-state index in [1.165, 1.54) is 12.1 Å². The Labute approximate surface area is 202 Å². The van der Waals surface area contributed by atoms with Crippen molar-refractivity contribution in [3.63, 3.8) is 0 Å². The third kappa shape index (κ3) is 6.49.